The number of aromatic carboxylic acids is 1. The first-order chi connectivity index (χ1) is 14.8. The molecule has 2 N–H and O–H groups in total. The second kappa shape index (κ2) is 11.2. The summed E-state index contributed by atoms with van der Waals surface area (Å²) in [7, 11) is 4.02. The molecule has 0 amide bonds. The summed E-state index contributed by atoms with van der Waals surface area (Å²) in [4.78, 5) is 33.7. The Kier molecular flexibility index (Phi) is 9.00. The highest BCUT2D eigenvalue weighted by atomic mass is 16.4. The summed E-state index contributed by atoms with van der Waals surface area (Å²) in [5, 5.41) is 13.2. The van der Waals surface area contributed by atoms with Crippen molar-refractivity contribution in [3.8, 4) is 0 Å². The zero-order valence-corrected chi connectivity index (χ0v) is 19.7. The Morgan fingerprint density at radius 1 is 1.35 bits per heavy atom. The van der Waals surface area contributed by atoms with Crippen LogP contribution in [0.3, 0.4) is 0 Å². The van der Waals surface area contributed by atoms with Gasteiger partial charge in [-0.25, -0.2) is 9.78 Å². The lowest BCUT2D eigenvalue weighted by molar-refractivity contribution is 0.0694. The van der Waals surface area contributed by atoms with Gasteiger partial charge >= 0.3 is 5.97 Å². The number of anilines is 1. The molecular formula is C23H37N5O3. The number of carbonyl (C=O) groups is 1. The van der Waals surface area contributed by atoms with Crippen LogP contribution in [0.4, 0.5) is 5.82 Å². The molecule has 8 heteroatoms. The molecule has 1 saturated heterocycles. The van der Waals surface area contributed by atoms with Crippen molar-refractivity contribution in [3.05, 3.63) is 33.6 Å². The molecule has 172 valence electrons. The summed E-state index contributed by atoms with van der Waals surface area (Å²) in [6.07, 6.45) is 3.65. The van der Waals surface area contributed by atoms with E-state index in [0.29, 0.717) is 23.6 Å². The monoisotopic (exact) mass is 431 g/mol. The molecule has 1 aliphatic rings. The molecule has 0 spiro atoms. The Morgan fingerprint density at radius 2 is 2.06 bits per heavy atom. The van der Waals surface area contributed by atoms with E-state index in [-0.39, 0.29) is 5.56 Å². The topological polar surface area (TPSA) is 90.7 Å². The average molecular weight is 432 g/mol. The Morgan fingerprint density at radius 3 is 2.68 bits per heavy atom. The van der Waals surface area contributed by atoms with Crippen LogP contribution in [0.5, 0.6) is 0 Å². The molecular weight excluding hydrogens is 394 g/mol. The van der Waals surface area contributed by atoms with Gasteiger partial charge < -0.3 is 19.9 Å². The molecule has 1 atom stereocenters. The molecule has 0 aliphatic carbocycles. The summed E-state index contributed by atoms with van der Waals surface area (Å²) in [6, 6.07) is 2.08. The number of pyridine rings is 2. The first-order valence-electron chi connectivity index (χ1n) is 11.2. The number of likely N-dealkylation sites (tertiary alicyclic amines) is 1. The minimum Gasteiger partial charge on any atom is -0.477 e. The van der Waals surface area contributed by atoms with Crippen molar-refractivity contribution in [3.63, 3.8) is 0 Å². The third-order valence-corrected chi connectivity index (χ3v) is 5.63. The van der Waals surface area contributed by atoms with E-state index in [1.807, 2.05) is 39.4 Å². The lowest BCUT2D eigenvalue weighted by atomic mass is 10.1. The van der Waals surface area contributed by atoms with Crippen molar-refractivity contribution in [2.24, 2.45) is 0 Å². The predicted molar refractivity (Wildman–Crippen MR) is 126 cm³/mol. The lowest BCUT2D eigenvalue weighted by Gasteiger charge is -2.25. The Bertz CT molecular complexity index is 954. The van der Waals surface area contributed by atoms with E-state index >= 15 is 0 Å². The summed E-state index contributed by atoms with van der Waals surface area (Å²) in [5.41, 5.74) is 0.699. The zero-order chi connectivity index (χ0) is 23.1. The fourth-order valence-corrected chi connectivity index (χ4v) is 4.02. The summed E-state index contributed by atoms with van der Waals surface area (Å²) < 4.78 is 1.86. The molecule has 0 radical (unpaired) electrons. The van der Waals surface area contributed by atoms with Crippen LogP contribution in [0, 0.1) is 6.92 Å². The largest absolute Gasteiger partial charge is 0.477 e. The quantitative estimate of drug-likeness (QED) is 0.664. The van der Waals surface area contributed by atoms with Crippen molar-refractivity contribution in [1.82, 2.24) is 19.4 Å². The van der Waals surface area contributed by atoms with E-state index in [0.717, 1.165) is 50.4 Å². The van der Waals surface area contributed by atoms with Gasteiger partial charge in [0.15, 0.2) is 0 Å². The molecule has 2 aromatic rings. The van der Waals surface area contributed by atoms with Crippen LogP contribution >= 0.6 is 0 Å². The summed E-state index contributed by atoms with van der Waals surface area (Å²) in [6.45, 7) is 12.2. The fraction of sp³-hybridized carbons (Fsp3) is 0.609. The average Bonchev–Trinajstić information content (AvgIpc) is 3.19. The van der Waals surface area contributed by atoms with E-state index in [2.05, 4.69) is 22.0 Å². The van der Waals surface area contributed by atoms with Crippen molar-refractivity contribution >= 4 is 22.8 Å². The second-order valence-corrected chi connectivity index (χ2v) is 8.01. The Hall–Kier alpha value is -2.45. The van der Waals surface area contributed by atoms with Crippen LogP contribution < -0.4 is 10.7 Å². The van der Waals surface area contributed by atoms with Crippen LogP contribution in [0.15, 0.2) is 17.1 Å². The van der Waals surface area contributed by atoms with Gasteiger partial charge in [0.2, 0.25) is 5.43 Å². The normalized spacial score (nSPS) is 16.4. The number of rotatable bonds is 8. The highest BCUT2D eigenvalue weighted by Gasteiger charge is 2.25. The number of hydrogen-bond donors (Lipinski definition) is 2. The van der Waals surface area contributed by atoms with Gasteiger partial charge in [-0.2, -0.15) is 0 Å². The maximum absolute atomic E-state index is 12.8. The standard InChI is InChI=1S/C21H31N5O3.C2H6/c1-5-25-9-6-7-15(25)12-26-13-17(21(28)29)18(27)16-11-14(2)19(23-20(16)26)22-8-10-24(3)4;1-2/h11,13,15H,5-10,12H2,1-4H3,(H,22,23)(H,28,29);1-2H3/t15-;/m0./s1. The molecule has 1 aliphatic heterocycles. The van der Waals surface area contributed by atoms with Gasteiger partial charge in [0.1, 0.15) is 17.0 Å². The number of carboxylic acids is 1. The Labute approximate surface area is 184 Å². The first-order valence-corrected chi connectivity index (χ1v) is 11.2. The van der Waals surface area contributed by atoms with Crippen molar-refractivity contribution in [2.75, 3.05) is 45.6 Å². The number of carboxylic acid groups (broad SMARTS) is 1. The smallest absolute Gasteiger partial charge is 0.341 e. The van der Waals surface area contributed by atoms with Crippen LogP contribution in [0.25, 0.3) is 11.0 Å². The third-order valence-electron chi connectivity index (χ3n) is 5.63. The minimum atomic E-state index is -1.20. The molecule has 31 heavy (non-hydrogen) atoms. The van der Waals surface area contributed by atoms with Gasteiger partial charge in [-0.05, 0) is 58.6 Å². The third kappa shape index (κ3) is 5.83. The molecule has 0 bridgehead atoms. The SMILES string of the molecule is CC.CCN1CCC[C@H]1Cn1cc(C(=O)O)c(=O)c2cc(C)c(NCCN(C)C)nc21. The molecule has 3 rings (SSSR count). The zero-order valence-electron chi connectivity index (χ0n) is 19.7. The van der Waals surface area contributed by atoms with Crippen LogP contribution in [-0.2, 0) is 6.54 Å². The van der Waals surface area contributed by atoms with Gasteiger partial charge in [-0.1, -0.05) is 20.8 Å². The number of aromatic nitrogens is 2. The number of nitrogens with one attached hydrogen (secondary N) is 1. The Balaban J connectivity index is 0.00000166. The summed E-state index contributed by atoms with van der Waals surface area (Å²) in [5.74, 6) is -0.468. The number of nitrogens with zero attached hydrogens (tertiary/aromatic N) is 4. The first kappa shape index (κ1) is 24.8. The molecule has 0 saturated carbocycles. The minimum absolute atomic E-state index is 0.201. The molecule has 0 aromatic carbocycles. The van der Waals surface area contributed by atoms with E-state index in [4.69, 9.17) is 4.98 Å². The van der Waals surface area contributed by atoms with Gasteiger partial charge in [0.05, 0.1) is 5.39 Å². The fourth-order valence-electron chi connectivity index (χ4n) is 4.02. The number of likely N-dealkylation sites (N-methyl/N-ethyl adjacent to an activating group) is 2. The lowest BCUT2D eigenvalue weighted by Crippen LogP contribution is -2.33. The van der Waals surface area contributed by atoms with Gasteiger partial charge in [0.25, 0.3) is 0 Å². The van der Waals surface area contributed by atoms with Crippen molar-refractivity contribution in [1.29, 1.82) is 0 Å². The number of hydrogen-bond acceptors (Lipinski definition) is 6. The highest BCUT2D eigenvalue weighted by Crippen LogP contribution is 2.22. The van der Waals surface area contributed by atoms with Crippen molar-refractivity contribution < 1.29 is 9.90 Å². The van der Waals surface area contributed by atoms with E-state index in [1.165, 1.54) is 6.20 Å². The van der Waals surface area contributed by atoms with E-state index in [1.54, 1.807) is 6.07 Å². The van der Waals surface area contributed by atoms with Gasteiger partial charge in [0, 0.05) is 31.9 Å². The molecule has 0 unspecified atom stereocenters. The van der Waals surface area contributed by atoms with E-state index < -0.39 is 11.4 Å². The maximum atomic E-state index is 12.8. The number of aryl methyl sites for hydroxylation is 1. The molecule has 3 heterocycles. The second-order valence-electron chi connectivity index (χ2n) is 8.01. The summed E-state index contributed by atoms with van der Waals surface area (Å²) >= 11 is 0. The van der Waals surface area contributed by atoms with Crippen LogP contribution in [0.1, 0.15) is 49.5 Å². The van der Waals surface area contributed by atoms with Crippen LogP contribution in [0.2, 0.25) is 0 Å². The molecule has 8 nitrogen and oxygen atoms in total. The van der Waals surface area contributed by atoms with Gasteiger partial charge in [-0.3, -0.25) is 9.69 Å². The van der Waals surface area contributed by atoms with Crippen LogP contribution in [-0.4, -0.2) is 76.7 Å². The number of fused-ring (bicyclic) bond motifs is 1. The van der Waals surface area contributed by atoms with Gasteiger partial charge in [-0.15, -0.1) is 0 Å². The molecule has 2 aromatic heterocycles. The molecule has 1 fully saturated rings. The predicted octanol–water partition coefficient (Wildman–Crippen LogP) is 2.89. The van der Waals surface area contributed by atoms with Crippen molar-refractivity contribution in [2.45, 2.75) is 53.1 Å². The van der Waals surface area contributed by atoms with E-state index in [9.17, 15) is 14.7 Å². The highest BCUT2D eigenvalue weighted by molar-refractivity contribution is 5.92. The maximum Gasteiger partial charge on any atom is 0.341 e.